The van der Waals surface area contributed by atoms with Gasteiger partial charge in [-0.1, -0.05) is 18.2 Å². The Morgan fingerprint density at radius 1 is 1.33 bits per heavy atom. The van der Waals surface area contributed by atoms with E-state index in [0.29, 0.717) is 25.5 Å². The molecule has 1 aromatic rings. The number of hydrogen-bond acceptors (Lipinski definition) is 3. The molecule has 1 atom stereocenters. The van der Waals surface area contributed by atoms with Crippen LogP contribution in [0.1, 0.15) is 25.8 Å². The van der Waals surface area contributed by atoms with E-state index in [9.17, 15) is 4.79 Å². The van der Waals surface area contributed by atoms with Gasteiger partial charge in [0.1, 0.15) is 11.9 Å². The third kappa shape index (κ3) is 6.54. The standard InChI is InChI=1S/C17H26N4O2.HI/c1-12(2)21-16(22)8-9-19-17(18-3)20-11-14-10-13-6-4-5-7-15(13)23-14;/h4-7,12,14H,8-11H2,1-3H3,(H,21,22)(H2,18,19,20);1H. The monoisotopic (exact) mass is 446 g/mol. The van der Waals surface area contributed by atoms with Crippen LogP contribution < -0.4 is 20.7 Å². The molecule has 0 spiro atoms. The fourth-order valence-electron chi connectivity index (χ4n) is 2.49. The maximum absolute atomic E-state index is 11.6. The fraction of sp³-hybridized carbons (Fsp3) is 0.529. The molecule has 0 aromatic heterocycles. The topological polar surface area (TPSA) is 74.8 Å². The zero-order valence-electron chi connectivity index (χ0n) is 14.5. The molecule has 7 heteroatoms. The van der Waals surface area contributed by atoms with Crippen molar-refractivity contribution in [2.24, 2.45) is 4.99 Å². The summed E-state index contributed by atoms with van der Waals surface area (Å²) in [6, 6.07) is 8.27. The van der Waals surface area contributed by atoms with Gasteiger partial charge < -0.3 is 20.7 Å². The zero-order valence-corrected chi connectivity index (χ0v) is 16.8. The fourth-order valence-corrected chi connectivity index (χ4v) is 2.49. The smallest absolute Gasteiger partial charge is 0.221 e. The molecule has 0 radical (unpaired) electrons. The minimum absolute atomic E-state index is 0. The summed E-state index contributed by atoms with van der Waals surface area (Å²) in [7, 11) is 1.72. The first-order valence-corrected chi connectivity index (χ1v) is 8.07. The summed E-state index contributed by atoms with van der Waals surface area (Å²) >= 11 is 0. The molecule has 24 heavy (non-hydrogen) atoms. The highest BCUT2D eigenvalue weighted by Crippen LogP contribution is 2.27. The highest BCUT2D eigenvalue weighted by atomic mass is 127. The number of hydrogen-bond donors (Lipinski definition) is 3. The summed E-state index contributed by atoms with van der Waals surface area (Å²) in [6.45, 7) is 5.12. The summed E-state index contributed by atoms with van der Waals surface area (Å²) in [4.78, 5) is 15.7. The third-order valence-electron chi connectivity index (χ3n) is 3.53. The van der Waals surface area contributed by atoms with Crippen LogP contribution in [0.2, 0.25) is 0 Å². The number of aliphatic imine (C=N–C) groups is 1. The normalized spacial score (nSPS) is 16.0. The van der Waals surface area contributed by atoms with Crippen molar-refractivity contribution in [3.05, 3.63) is 29.8 Å². The number of nitrogens with zero attached hydrogens (tertiary/aromatic N) is 1. The lowest BCUT2D eigenvalue weighted by Crippen LogP contribution is -2.43. The lowest BCUT2D eigenvalue weighted by atomic mass is 10.1. The molecule has 3 N–H and O–H groups in total. The Hall–Kier alpha value is -1.51. The van der Waals surface area contributed by atoms with E-state index >= 15 is 0 Å². The molecule has 134 valence electrons. The van der Waals surface area contributed by atoms with Crippen LogP contribution in [0.25, 0.3) is 0 Å². The average molecular weight is 446 g/mol. The maximum Gasteiger partial charge on any atom is 0.221 e. The number of rotatable bonds is 6. The van der Waals surface area contributed by atoms with Crippen molar-refractivity contribution < 1.29 is 9.53 Å². The Morgan fingerprint density at radius 3 is 2.75 bits per heavy atom. The summed E-state index contributed by atoms with van der Waals surface area (Å²) in [5.41, 5.74) is 1.24. The highest BCUT2D eigenvalue weighted by molar-refractivity contribution is 14.0. The second-order valence-corrected chi connectivity index (χ2v) is 5.90. The molecule has 0 bridgehead atoms. The number of carbonyl (C=O) groups is 1. The van der Waals surface area contributed by atoms with Crippen LogP contribution in [0.4, 0.5) is 0 Å². The van der Waals surface area contributed by atoms with Crippen LogP contribution in [0, 0.1) is 0 Å². The lowest BCUT2D eigenvalue weighted by molar-refractivity contribution is -0.121. The van der Waals surface area contributed by atoms with Crippen molar-refractivity contribution in [2.75, 3.05) is 20.1 Å². The molecule has 1 aliphatic rings. The Morgan fingerprint density at radius 2 is 2.08 bits per heavy atom. The van der Waals surface area contributed by atoms with E-state index in [1.54, 1.807) is 7.05 Å². The third-order valence-corrected chi connectivity index (χ3v) is 3.53. The first kappa shape index (κ1) is 20.5. The molecule has 0 aliphatic carbocycles. The quantitative estimate of drug-likeness (QED) is 0.353. The van der Waals surface area contributed by atoms with E-state index in [1.807, 2.05) is 32.0 Å². The number of para-hydroxylation sites is 1. The number of fused-ring (bicyclic) bond motifs is 1. The predicted octanol–water partition coefficient (Wildman–Crippen LogP) is 1.69. The van der Waals surface area contributed by atoms with Crippen molar-refractivity contribution in [3.8, 4) is 5.75 Å². The molecular formula is C17H27IN4O2. The van der Waals surface area contributed by atoms with Crippen LogP contribution in [0.5, 0.6) is 5.75 Å². The van der Waals surface area contributed by atoms with Crippen molar-refractivity contribution >= 4 is 35.8 Å². The van der Waals surface area contributed by atoms with Crippen LogP contribution in [0.3, 0.4) is 0 Å². The Kier molecular flexibility index (Phi) is 8.88. The van der Waals surface area contributed by atoms with Gasteiger partial charge in [-0.3, -0.25) is 9.79 Å². The molecule has 1 heterocycles. The predicted molar refractivity (Wildman–Crippen MR) is 107 cm³/mol. The van der Waals surface area contributed by atoms with Gasteiger partial charge >= 0.3 is 0 Å². The van der Waals surface area contributed by atoms with Gasteiger partial charge in [0.15, 0.2) is 5.96 Å². The van der Waals surface area contributed by atoms with E-state index in [-0.39, 0.29) is 42.0 Å². The van der Waals surface area contributed by atoms with E-state index in [0.717, 1.165) is 12.2 Å². The maximum atomic E-state index is 11.6. The number of amides is 1. The van der Waals surface area contributed by atoms with Crippen LogP contribution in [0.15, 0.2) is 29.3 Å². The van der Waals surface area contributed by atoms with Gasteiger partial charge in [0.05, 0.1) is 6.54 Å². The van der Waals surface area contributed by atoms with E-state index in [1.165, 1.54) is 5.56 Å². The molecule has 0 fully saturated rings. The van der Waals surface area contributed by atoms with Gasteiger partial charge in [0, 0.05) is 32.5 Å². The summed E-state index contributed by atoms with van der Waals surface area (Å²) in [6.07, 6.45) is 1.43. The molecule has 0 saturated heterocycles. The van der Waals surface area contributed by atoms with Gasteiger partial charge in [-0.25, -0.2) is 0 Å². The van der Waals surface area contributed by atoms with Crippen LogP contribution in [-0.4, -0.2) is 44.1 Å². The zero-order chi connectivity index (χ0) is 16.7. The molecule has 6 nitrogen and oxygen atoms in total. The first-order valence-electron chi connectivity index (χ1n) is 8.07. The SMILES string of the molecule is CN=C(NCCC(=O)NC(C)C)NCC1Cc2ccccc2O1.I. The van der Waals surface area contributed by atoms with Gasteiger partial charge in [-0.15, -0.1) is 24.0 Å². The first-order chi connectivity index (χ1) is 11.1. The molecule has 2 rings (SSSR count). The summed E-state index contributed by atoms with van der Waals surface area (Å²) in [5, 5.41) is 9.25. The number of benzene rings is 1. The van der Waals surface area contributed by atoms with Gasteiger partial charge in [-0.05, 0) is 25.5 Å². The number of carbonyl (C=O) groups excluding carboxylic acids is 1. The molecular weight excluding hydrogens is 419 g/mol. The summed E-state index contributed by atoms with van der Waals surface area (Å²) < 4.78 is 5.88. The van der Waals surface area contributed by atoms with Crippen molar-refractivity contribution in [1.29, 1.82) is 0 Å². The number of guanidine groups is 1. The van der Waals surface area contributed by atoms with Crippen molar-refractivity contribution in [3.63, 3.8) is 0 Å². The minimum atomic E-state index is 0. The van der Waals surface area contributed by atoms with Gasteiger partial charge in [0.25, 0.3) is 0 Å². The molecule has 0 saturated carbocycles. The minimum Gasteiger partial charge on any atom is -0.488 e. The highest BCUT2D eigenvalue weighted by Gasteiger charge is 2.22. The lowest BCUT2D eigenvalue weighted by Gasteiger charge is -2.15. The average Bonchev–Trinajstić information content (AvgIpc) is 2.92. The molecule has 1 amide bonds. The second kappa shape index (κ2) is 10.4. The number of nitrogens with one attached hydrogen (secondary N) is 3. The second-order valence-electron chi connectivity index (χ2n) is 5.90. The van der Waals surface area contributed by atoms with Crippen molar-refractivity contribution in [1.82, 2.24) is 16.0 Å². The Balaban J connectivity index is 0.00000288. The van der Waals surface area contributed by atoms with Crippen molar-refractivity contribution in [2.45, 2.75) is 38.8 Å². The van der Waals surface area contributed by atoms with E-state index in [2.05, 4.69) is 27.0 Å². The van der Waals surface area contributed by atoms with Gasteiger partial charge in [-0.2, -0.15) is 0 Å². The van der Waals surface area contributed by atoms with Crippen LogP contribution >= 0.6 is 24.0 Å². The molecule has 1 aliphatic heterocycles. The molecule has 1 aromatic carbocycles. The summed E-state index contributed by atoms with van der Waals surface area (Å²) in [5.74, 6) is 1.69. The largest absolute Gasteiger partial charge is 0.488 e. The number of halogens is 1. The van der Waals surface area contributed by atoms with Crippen LogP contribution in [-0.2, 0) is 11.2 Å². The molecule has 1 unspecified atom stereocenters. The van der Waals surface area contributed by atoms with Gasteiger partial charge in [0.2, 0.25) is 5.91 Å². The number of ether oxygens (including phenoxy) is 1. The Bertz CT molecular complexity index is 538. The van der Waals surface area contributed by atoms with E-state index in [4.69, 9.17) is 4.74 Å². The van der Waals surface area contributed by atoms with E-state index < -0.39 is 0 Å². The Labute approximate surface area is 160 Å².